The summed E-state index contributed by atoms with van der Waals surface area (Å²) in [5.74, 6) is 0. The standard InChI is InChI=1S/C58H36N6/c59-35-38-12-11-17-45(30-38)58-56(63-52-20-9-7-18-46(52)48-31-41(22-24-54(48)63)43-26-28-61-50(33-43)39-13-3-1-4-14-39)36-60-37-57(58)64-53-21-10-8-19-47(53)49-32-42(23-25-55(49)64)44-27-29-62-51(34-44)40-15-5-2-6-16-40/h1-34,36-37H. The highest BCUT2D eigenvalue weighted by molar-refractivity contribution is 6.13. The summed E-state index contributed by atoms with van der Waals surface area (Å²) in [6, 6.07) is 70.0. The van der Waals surface area contributed by atoms with E-state index in [-0.39, 0.29) is 0 Å². The Morgan fingerprint density at radius 1 is 0.359 bits per heavy atom. The Kier molecular flexibility index (Phi) is 8.77. The van der Waals surface area contributed by atoms with Crippen molar-refractivity contribution in [3.63, 3.8) is 0 Å². The zero-order valence-electron chi connectivity index (χ0n) is 34.5. The molecule has 0 saturated carbocycles. The lowest BCUT2D eigenvalue weighted by Crippen LogP contribution is -2.05. The molecule has 5 aromatic heterocycles. The van der Waals surface area contributed by atoms with Crippen molar-refractivity contribution in [2.45, 2.75) is 0 Å². The van der Waals surface area contributed by atoms with E-state index in [0.29, 0.717) is 5.56 Å². The molecule has 0 fully saturated rings. The average Bonchev–Trinajstić information content (AvgIpc) is 3.89. The largest absolute Gasteiger partial charge is 0.307 e. The Bertz CT molecular complexity index is 3580. The molecule has 0 atom stereocenters. The van der Waals surface area contributed by atoms with Gasteiger partial charge in [-0.15, -0.1) is 0 Å². The van der Waals surface area contributed by atoms with Crippen molar-refractivity contribution in [3.05, 3.63) is 224 Å². The molecule has 0 bridgehead atoms. The summed E-state index contributed by atoms with van der Waals surface area (Å²) >= 11 is 0. The number of pyridine rings is 3. The van der Waals surface area contributed by atoms with E-state index in [0.717, 1.165) is 111 Å². The Hall–Kier alpha value is -8.92. The summed E-state index contributed by atoms with van der Waals surface area (Å²) in [6.45, 7) is 0. The van der Waals surface area contributed by atoms with Crippen molar-refractivity contribution in [2.75, 3.05) is 0 Å². The molecule has 0 saturated heterocycles. The van der Waals surface area contributed by atoms with Gasteiger partial charge in [0.15, 0.2) is 0 Å². The normalized spacial score (nSPS) is 11.4. The lowest BCUT2D eigenvalue weighted by atomic mass is 10.00. The van der Waals surface area contributed by atoms with Gasteiger partial charge in [-0.25, -0.2) is 0 Å². The fourth-order valence-corrected chi connectivity index (χ4v) is 9.40. The maximum absolute atomic E-state index is 10.2. The van der Waals surface area contributed by atoms with Crippen LogP contribution in [-0.4, -0.2) is 24.1 Å². The highest BCUT2D eigenvalue weighted by Crippen LogP contribution is 2.43. The predicted octanol–water partition coefficient (Wildman–Crippen LogP) is 14.3. The second-order valence-electron chi connectivity index (χ2n) is 16.0. The number of hydrogen-bond donors (Lipinski definition) is 0. The summed E-state index contributed by atoms with van der Waals surface area (Å²) in [6.07, 6.45) is 7.71. The maximum Gasteiger partial charge on any atom is 0.0991 e. The highest BCUT2D eigenvalue weighted by Gasteiger charge is 2.23. The first-order chi connectivity index (χ1) is 31.7. The first kappa shape index (κ1) is 36.9. The predicted molar refractivity (Wildman–Crippen MR) is 260 cm³/mol. The molecular weight excluding hydrogens is 781 g/mol. The number of aromatic nitrogens is 5. The molecule has 0 radical (unpaired) electrons. The number of nitriles is 1. The van der Waals surface area contributed by atoms with Crippen LogP contribution in [0.3, 0.4) is 0 Å². The Labute approximate surface area is 369 Å². The number of fused-ring (bicyclic) bond motifs is 6. The van der Waals surface area contributed by atoms with Gasteiger partial charge in [-0.1, -0.05) is 121 Å². The molecule has 6 heteroatoms. The van der Waals surface area contributed by atoms with Gasteiger partial charge in [0.05, 0.1) is 68.9 Å². The summed E-state index contributed by atoms with van der Waals surface area (Å²) in [5.41, 5.74) is 17.0. The van der Waals surface area contributed by atoms with E-state index in [1.807, 2.05) is 79.4 Å². The fraction of sp³-hybridized carbons (Fsp3) is 0. The molecule has 12 aromatic rings. The second kappa shape index (κ2) is 15.2. The average molecular weight is 817 g/mol. The van der Waals surface area contributed by atoms with Gasteiger partial charge in [0.2, 0.25) is 0 Å². The minimum absolute atomic E-state index is 0.587. The first-order valence-corrected chi connectivity index (χ1v) is 21.3. The molecule has 0 N–H and O–H groups in total. The summed E-state index contributed by atoms with van der Waals surface area (Å²) < 4.78 is 4.67. The van der Waals surface area contributed by atoms with E-state index in [4.69, 9.17) is 15.0 Å². The fourth-order valence-electron chi connectivity index (χ4n) is 9.40. The number of hydrogen-bond acceptors (Lipinski definition) is 4. The Balaban J connectivity index is 1.08. The summed E-state index contributed by atoms with van der Waals surface area (Å²) in [7, 11) is 0. The van der Waals surface area contributed by atoms with Crippen LogP contribution in [0.15, 0.2) is 219 Å². The van der Waals surface area contributed by atoms with Gasteiger partial charge in [0.25, 0.3) is 0 Å². The zero-order valence-corrected chi connectivity index (χ0v) is 34.5. The molecule has 0 aliphatic rings. The SMILES string of the molecule is N#Cc1cccc(-c2c(-n3c4ccccc4c4cc(-c5ccnc(-c6ccccc6)c5)ccc43)cncc2-n2c3ccccc3c3cc(-c4ccnc(-c5ccccc5)c4)ccc32)c1. The van der Waals surface area contributed by atoms with Crippen LogP contribution >= 0.6 is 0 Å². The molecule has 0 aliphatic heterocycles. The maximum atomic E-state index is 10.2. The first-order valence-electron chi connectivity index (χ1n) is 21.3. The highest BCUT2D eigenvalue weighted by atomic mass is 15.0. The minimum atomic E-state index is 0.587. The molecule has 5 heterocycles. The van der Waals surface area contributed by atoms with Crippen LogP contribution in [-0.2, 0) is 0 Å². The zero-order chi connectivity index (χ0) is 42.6. The van der Waals surface area contributed by atoms with Gasteiger partial charge in [-0.3, -0.25) is 15.0 Å². The van der Waals surface area contributed by atoms with E-state index >= 15 is 0 Å². The van der Waals surface area contributed by atoms with Crippen molar-refractivity contribution in [2.24, 2.45) is 0 Å². The van der Waals surface area contributed by atoms with Crippen molar-refractivity contribution in [3.8, 4) is 73.3 Å². The molecule has 64 heavy (non-hydrogen) atoms. The van der Waals surface area contributed by atoms with Crippen molar-refractivity contribution in [1.29, 1.82) is 5.26 Å². The quantitative estimate of drug-likeness (QED) is 0.161. The lowest BCUT2D eigenvalue weighted by molar-refractivity contribution is 1.09. The number of benzene rings is 7. The van der Waals surface area contributed by atoms with Crippen LogP contribution in [0.4, 0.5) is 0 Å². The number of para-hydroxylation sites is 2. The Morgan fingerprint density at radius 2 is 0.812 bits per heavy atom. The van der Waals surface area contributed by atoms with E-state index in [9.17, 15) is 5.26 Å². The second-order valence-corrected chi connectivity index (χ2v) is 16.0. The van der Waals surface area contributed by atoms with Gasteiger partial charge in [0.1, 0.15) is 0 Å². The van der Waals surface area contributed by atoms with Crippen LogP contribution in [0.1, 0.15) is 5.56 Å². The van der Waals surface area contributed by atoms with E-state index < -0.39 is 0 Å². The molecule has 12 rings (SSSR count). The van der Waals surface area contributed by atoms with Gasteiger partial charge in [0, 0.05) is 50.6 Å². The van der Waals surface area contributed by atoms with Crippen LogP contribution in [0.25, 0.3) is 111 Å². The third-order valence-corrected chi connectivity index (χ3v) is 12.3. The molecule has 0 spiro atoms. The minimum Gasteiger partial charge on any atom is -0.307 e. The molecular formula is C58H36N6. The topological polar surface area (TPSA) is 72.3 Å². The van der Waals surface area contributed by atoms with Crippen molar-refractivity contribution < 1.29 is 0 Å². The number of rotatable bonds is 7. The van der Waals surface area contributed by atoms with Crippen LogP contribution in [0.5, 0.6) is 0 Å². The van der Waals surface area contributed by atoms with Crippen molar-refractivity contribution >= 4 is 43.6 Å². The lowest BCUT2D eigenvalue weighted by Gasteiger charge is -2.19. The smallest absolute Gasteiger partial charge is 0.0991 e. The molecule has 7 aromatic carbocycles. The van der Waals surface area contributed by atoms with E-state index in [2.05, 4.69) is 155 Å². The number of nitrogens with zero attached hydrogens (tertiary/aromatic N) is 6. The van der Waals surface area contributed by atoms with Crippen LogP contribution in [0.2, 0.25) is 0 Å². The van der Waals surface area contributed by atoms with Gasteiger partial charge in [-0.2, -0.15) is 5.26 Å². The third kappa shape index (κ3) is 6.14. The van der Waals surface area contributed by atoms with E-state index in [1.165, 1.54) is 0 Å². The molecule has 6 nitrogen and oxygen atoms in total. The molecule has 0 amide bonds. The van der Waals surface area contributed by atoms with Gasteiger partial charge < -0.3 is 9.13 Å². The molecule has 0 unspecified atom stereocenters. The Morgan fingerprint density at radius 3 is 1.33 bits per heavy atom. The summed E-state index contributed by atoms with van der Waals surface area (Å²) in [4.78, 5) is 14.4. The van der Waals surface area contributed by atoms with Crippen LogP contribution in [0, 0.1) is 11.3 Å². The molecule has 298 valence electrons. The van der Waals surface area contributed by atoms with Gasteiger partial charge >= 0.3 is 0 Å². The monoisotopic (exact) mass is 816 g/mol. The molecule has 0 aliphatic carbocycles. The van der Waals surface area contributed by atoms with Crippen LogP contribution < -0.4 is 0 Å². The van der Waals surface area contributed by atoms with Gasteiger partial charge in [-0.05, 0) is 101 Å². The van der Waals surface area contributed by atoms with Crippen molar-refractivity contribution in [1.82, 2.24) is 24.1 Å². The van der Waals surface area contributed by atoms with E-state index in [1.54, 1.807) is 0 Å². The third-order valence-electron chi connectivity index (χ3n) is 12.3. The summed E-state index contributed by atoms with van der Waals surface area (Å²) in [5, 5.41) is 14.7.